The Morgan fingerprint density at radius 2 is 2.22 bits per heavy atom. The van der Waals surface area contributed by atoms with Crippen LogP contribution in [0, 0.1) is 5.82 Å². The fraction of sp³-hybridized carbons (Fsp3) is 0.571. The van der Waals surface area contributed by atoms with E-state index in [4.69, 9.17) is 11.6 Å². The summed E-state index contributed by atoms with van der Waals surface area (Å²) in [6.07, 6.45) is 3.80. The van der Waals surface area contributed by atoms with E-state index in [9.17, 15) is 9.50 Å². The van der Waals surface area contributed by atoms with Gasteiger partial charge in [-0.1, -0.05) is 17.7 Å². The van der Waals surface area contributed by atoms with Crippen molar-refractivity contribution >= 4 is 11.6 Å². The molecule has 1 saturated carbocycles. The van der Waals surface area contributed by atoms with E-state index in [0.717, 1.165) is 18.5 Å². The number of rotatable bonds is 3. The summed E-state index contributed by atoms with van der Waals surface area (Å²) in [5.74, 6) is -0.332. The number of nitrogens with zero attached hydrogens (tertiary/aromatic N) is 1. The Bertz CT molecular complexity index is 463. The maximum Gasteiger partial charge on any atom is 0.124 e. The summed E-state index contributed by atoms with van der Waals surface area (Å²) in [5, 5.41) is 11.0. The normalized spacial score (nSPS) is 28.8. The van der Waals surface area contributed by atoms with Crippen molar-refractivity contribution in [2.45, 2.75) is 37.3 Å². The van der Waals surface area contributed by atoms with Crippen LogP contribution >= 0.6 is 11.6 Å². The first kappa shape index (κ1) is 12.4. The SMILES string of the molecule is OC1(Cc2ccc(F)cc2Cl)CCN(C2CC2)C1. The molecule has 1 heterocycles. The zero-order valence-electron chi connectivity index (χ0n) is 10.2. The summed E-state index contributed by atoms with van der Waals surface area (Å²) in [6.45, 7) is 1.67. The molecule has 1 aromatic rings. The molecular formula is C14H17ClFNO. The summed E-state index contributed by atoms with van der Waals surface area (Å²) < 4.78 is 13.0. The van der Waals surface area contributed by atoms with Crippen LogP contribution in [-0.2, 0) is 6.42 Å². The fourth-order valence-electron chi connectivity index (χ4n) is 2.80. The third-order valence-corrected chi connectivity index (χ3v) is 4.31. The van der Waals surface area contributed by atoms with Crippen molar-refractivity contribution in [3.05, 3.63) is 34.6 Å². The smallest absolute Gasteiger partial charge is 0.124 e. The molecule has 2 fully saturated rings. The topological polar surface area (TPSA) is 23.5 Å². The molecule has 4 heteroatoms. The predicted molar refractivity (Wildman–Crippen MR) is 69.3 cm³/mol. The first-order chi connectivity index (χ1) is 8.56. The van der Waals surface area contributed by atoms with Gasteiger partial charge in [0, 0.05) is 30.6 Å². The summed E-state index contributed by atoms with van der Waals surface area (Å²) in [4.78, 5) is 2.36. The van der Waals surface area contributed by atoms with Gasteiger partial charge in [0.1, 0.15) is 5.82 Å². The minimum absolute atomic E-state index is 0.332. The van der Waals surface area contributed by atoms with Crippen LogP contribution in [0.2, 0.25) is 5.02 Å². The van der Waals surface area contributed by atoms with Gasteiger partial charge in [0.2, 0.25) is 0 Å². The molecule has 2 nitrogen and oxygen atoms in total. The molecule has 3 rings (SSSR count). The largest absolute Gasteiger partial charge is 0.388 e. The molecule has 18 heavy (non-hydrogen) atoms. The van der Waals surface area contributed by atoms with Crippen molar-refractivity contribution in [1.82, 2.24) is 4.90 Å². The van der Waals surface area contributed by atoms with E-state index in [1.54, 1.807) is 6.07 Å². The molecule has 1 atom stereocenters. The Morgan fingerprint density at radius 1 is 1.44 bits per heavy atom. The first-order valence-corrected chi connectivity index (χ1v) is 6.84. The first-order valence-electron chi connectivity index (χ1n) is 6.46. The molecule has 98 valence electrons. The van der Waals surface area contributed by atoms with Crippen LogP contribution in [0.5, 0.6) is 0 Å². The fourth-order valence-corrected chi connectivity index (χ4v) is 3.04. The molecule has 0 bridgehead atoms. The molecule has 1 aromatic carbocycles. The van der Waals surface area contributed by atoms with Crippen LogP contribution in [0.15, 0.2) is 18.2 Å². The highest BCUT2D eigenvalue weighted by Gasteiger charge is 2.42. The van der Waals surface area contributed by atoms with Gasteiger partial charge in [-0.25, -0.2) is 4.39 Å². The maximum atomic E-state index is 13.0. The highest BCUT2D eigenvalue weighted by atomic mass is 35.5. The average Bonchev–Trinajstić information content (AvgIpc) is 3.08. The Hall–Kier alpha value is -0.640. The minimum Gasteiger partial charge on any atom is -0.388 e. The molecule has 0 amide bonds. The van der Waals surface area contributed by atoms with Crippen LogP contribution in [0.1, 0.15) is 24.8 Å². The van der Waals surface area contributed by atoms with Crippen LogP contribution < -0.4 is 0 Å². The molecule has 1 unspecified atom stereocenters. The van der Waals surface area contributed by atoms with Gasteiger partial charge >= 0.3 is 0 Å². The van der Waals surface area contributed by atoms with Crippen molar-refractivity contribution in [2.24, 2.45) is 0 Å². The predicted octanol–water partition coefficient (Wildman–Crippen LogP) is 2.62. The monoisotopic (exact) mass is 269 g/mol. The van der Waals surface area contributed by atoms with Crippen LogP contribution in [0.25, 0.3) is 0 Å². The quantitative estimate of drug-likeness (QED) is 0.912. The lowest BCUT2D eigenvalue weighted by Crippen LogP contribution is -2.36. The number of halogens is 2. The molecule has 0 aromatic heterocycles. The maximum absolute atomic E-state index is 13.0. The highest BCUT2D eigenvalue weighted by molar-refractivity contribution is 6.31. The molecule has 1 aliphatic heterocycles. The third-order valence-electron chi connectivity index (χ3n) is 3.96. The van der Waals surface area contributed by atoms with Crippen LogP contribution in [0.4, 0.5) is 4.39 Å². The van der Waals surface area contributed by atoms with E-state index in [0.29, 0.717) is 24.0 Å². The van der Waals surface area contributed by atoms with Crippen molar-refractivity contribution in [3.63, 3.8) is 0 Å². The Morgan fingerprint density at radius 3 is 2.89 bits per heavy atom. The van der Waals surface area contributed by atoms with Crippen molar-refractivity contribution in [3.8, 4) is 0 Å². The second kappa shape index (κ2) is 4.48. The van der Waals surface area contributed by atoms with Crippen molar-refractivity contribution < 1.29 is 9.50 Å². The van der Waals surface area contributed by atoms with Gasteiger partial charge in [-0.05, 0) is 37.0 Å². The lowest BCUT2D eigenvalue weighted by Gasteiger charge is -2.24. The van der Waals surface area contributed by atoms with E-state index < -0.39 is 5.60 Å². The Balaban J connectivity index is 1.71. The highest BCUT2D eigenvalue weighted by Crippen LogP contribution is 2.35. The number of likely N-dealkylation sites (tertiary alicyclic amines) is 1. The van der Waals surface area contributed by atoms with Crippen molar-refractivity contribution in [2.75, 3.05) is 13.1 Å². The van der Waals surface area contributed by atoms with E-state index in [1.165, 1.54) is 25.0 Å². The zero-order chi connectivity index (χ0) is 12.8. The van der Waals surface area contributed by atoms with Gasteiger partial charge in [0.15, 0.2) is 0 Å². The van der Waals surface area contributed by atoms with Gasteiger partial charge in [-0.15, -0.1) is 0 Å². The Labute approximate surface area is 111 Å². The summed E-state index contributed by atoms with van der Waals surface area (Å²) in [7, 11) is 0. The van der Waals surface area contributed by atoms with Gasteiger partial charge in [-0.3, -0.25) is 4.90 Å². The molecular weight excluding hydrogens is 253 g/mol. The zero-order valence-corrected chi connectivity index (χ0v) is 11.0. The number of benzene rings is 1. The van der Waals surface area contributed by atoms with Crippen LogP contribution in [0.3, 0.4) is 0 Å². The molecule has 1 saturated heterocycles. The second-order valence-corrected chi connectivity index (χ2v) is 6.00. The van der Waals surface area contributed by atoms with E-state index in [2.05, 4.69) is 4.90 Å². The van der Waals surface area contributed by atoms with Crippen molar-refractivity contribution in [1.29, 1.82) is 0 Å². The van der Waals surface area contributed by atoms with E-state index in [1.807, 2.05) is 0 Å². The minimum atomic E-state index is -0.704. The number of hydrogen-bond acceptors (Lipinski definition) is 2. The standard InChI is InChI=1S/C14H17ClFNO/c15-13-7-11(16)2-1-10(13)8-14(18)5-6-17(9-14)12-3-4-12/h1-2,7,12,18H,3-6,8-9H2. The lowest BCUT2D eigenvalue weighted by atomic mass is 9.94. The summed E-state index contributed by atoms with van der Waals surface area (Å²) in [5.41, 5.74) is 0.127. The molecule has 1 N–H and O–H groups in total. The molecule has 0 radical (unpaired) electrons. The summed E-state index contributed by atoms with van der Waals surface area (Å²) in [6, 6.07) is 5.07. The number of β-amino-alcohol motifs (C(OH)–C–C–N with tert-alkyl or cyclic N) is 1. The molecule has 1 aliphatic carbocycles. The van der Waals surface area contributed by atoms with Gasteiger partial charge in [0.25, 0.3) is 0 Å². The second-order valence-electron chi connectivity index (χ2n) is 5.59. The number of hydrogen-bond donors (Lipinski definition) is 1. The molecule has 2 aliphatic rings. The molecule has 0 spiro atoms. The van der Waals surface area contributed by atoms with Gasteiger partial charge in [0.05, 0.1) is 5.60 Å². The van der Waals surface area contributed by atoms with E-state index >= 15 is 0 Å². The Kier molecular flexibility index (Phi) is 3.08. The van der Waals surface area contributed by atoms with Gasteiger partial charge < -0.3 is 5.11 Å². The summed E-state index contributed by atoms with van der Waals surface area (Å²) >= 11 is 6.02. The lowest BCUT2D eigenvalue weighted by molar-refractivity contribution is 0.0487. The third kappa shape index (κ3) is 2.53. The number of aliphatic hydroxyl groups is 1. The van der Waals surface area contributed by atoms with Crippen LogP contribution in [-0.4, -0.2) is 34.7 Å². The van der Waals surface area contributed by atoms with Gasteiger partial charge in [-0.2, -0.15) is 0 Å². The average molecular weight is 270 g/mol. The van der Waals surface area contributed by atoms with E-state index in [-0.39, 0.29) is 5.82 Å².